The highest BCUT2D eigenvalue weighted by Crippen LogP contribution is 2.23. The van der Waals surface area contributed by atoms with Crippen LogP contribution in [0.2, 0.25) is 0 Å². The molecule has 3 atom stereocenters. The SMILES string of the molecule is CCC(C)C1C(=O)NC(C)C(=O)N1Cc1cccs1. The van der Waals surface area contributed by atoms with Crippen LogP contribution in [-0.2, 0) is 16.1 Å². The molecule has 19 heavy (non-hydrogen) atoms. The van der Waals surface area contributed by atoms with E-state index in [-0.39, 0.29) is 23.8 Å². The molecule has 2 amide bonds. The molecule has 0 bridgehead atoms. The number of thiophene rings is 1. The van der Waals surface area contributed by atoms with Crippen molar-refractivity contribution in [2.45, 2.75) is 45.8 Å². The molecule has 1 aromatic heterocycles. The molecule has 0 saturated carbocycles. The minimum atomic E-state index is -0.423. The zero-order valence-electron chi connectivity index (χ0n) is 11.6. The lowest BCUT2D eigenvalue weighted by Gasteiger charge is -2.40. The molecule has 1 saturated heterocycles. The van der Waals surface area contributed by atoms with Gasteiger partial charge in [0.1, 0.15) is 12.1 Å². The Morgan fingerprint density at radius 3 is 2.79 bits per heavy atom. The summed E-state index contributed by atoms with van der Waals surface area (Å²) in [6.07, 6.45) is 0.876. The average molecular weight is 280 g/mol. The van der Waals surface area contributed by atoms with Crippen LogP contribution < -0.4 is 5.32 Å². The number of piperazine rings is 1. The van der Waals surface area contributed by atoms with Crippen LogP contribution in [0.3, 0.4) is 0 Å². The number of hydrogen-bond acceptors (Lipinski definition) is 3. The molecule has 4 nitrogen and oxygen atoms in total. The fourth-order valence-corrected chi connectivity index (χ4v) is 3.13. The van der Waals surface area contributed by atoms with Gasteiger partial charge in [-0.2, -0.15) is 0 Å². The first-order valence-corrected chi connectivity index (χ1v) is 7.55. The molecule has 0 aromatic carbocycles. The Kier molecular flexibility index (Phi) is 4.24. The minimum Gasteiger partial charge on any atom is -0.343 e. The van der Waals surface area contributed by atoms with Crippen LogP contribution in [0.4, 0.5) is 0 Å². The van der Waals surface area contributed by atoms with E-state index in [2.05, 4.69) is 5.32 Å². The normalized spacial score (nSPS) is 25.3. The van der Waals surface area contributed by atoms with Crippen molar-refractivity contribution >= 4 is 23.2 Å². The number of rotatable bonds is 4. The van der Waals surface area contributed by atoms with Crippen LogP contribution in [0.5, 0.6) is 0 Å². The lowest BCUT2D eigenvalue weighted by atomic mass is 9.93. The second-order valence-corrected chi connectivity index (χ2v) is 6.14. The Bertz CT molecular complexity index is 458. The van der Waals surface area contributed by atoms with Crippen molar-refractivity contribution in [2.75, 3.05) is 0 Å². The molecule has 1 aliphatic heterocycles. The van der Waals surface area contributed by atoms with Gasteiger partial charge in [0.2, 0.25) is 11.8 Å². The zero-order chi connectivity index (χ0) is 14.0. The lowest BCUT2D eigenvalue weighted by Crippen LogP contribution is -2.63. The summed E-state index contributed by atoms with van der Waals surface area (Å²) in [4.78, 5) is 27.4. The number of carbonyl (C=O) groups excluding carboxylic acids is 2. The van der Waals surface area contributed by atoms with E-state index in [9.17, 15) is 9.59 Å². The number of nitrogens with zero attached hydrogens (tertiary/aromatic N) is 1. The van der Waals surface area contributed by atoms with E-state index in [0.717, 1.165) is 11.3 Å². The predicted molar refractivity (Wildman–Crippen MR) is 75.7 cm³/mol. The van der Waals surface area contributed by atoms with E-state index >= 15 is 0 Å². The first-order valence-electron chi connectivity index (χ1n) is 6.67. The van der Waals surface area contributed by atoms with Gasteiger partial charge in [0.15, 0.2) is 0 Å². The van der Waals surface area contributed by atoms with Crippen LogP contribution in [-0.4, -0.2) is 28.8 Å². The van der Waals surface area contributed by atoms with Crippen molar-refractivity contribution < 1.29 is 9.59 Å². The van der Waals surface area contributed by atoms with Crippen LogP contribution in [0.15, 0.2) is 17.5 Å². The Morgan fingerprint density at radius 1 is 1.47 bits per heavy atom. The molecule has 1 N–H and O–H groups in total. The Balaban J connectivity index is 2.25. The van der Waals surface area contributed by atoms with E-state index in [0.29, 0.717) is 6.54 Å². The number of hydrogen-bond donors (Lipinski definition) is 1. The molecule has 1 aromatic rings. The molecular weight excluding hydrogens is 260 g/mol. The van der Waals surface area contributed by atoms with Crippen LogP contribution in [0.25, 0.3) is 0 Å². The maximum absolute atomic E-state index is 12.3. The van der Waals surface area contributed by atoms with Gasteiger partial charge in [0.05, 0.1) is 6.54 Å². The van der Waals surface area contributed by atoms with E-state index in [1.165, 1.54) is 0 Å². The number of carbonyl (C=O) groups is 2. The van der Waals surface area contributed by atoms with Crippen molar-refractivity contribution in [3.8, 4) is 0 Å². The van der Waals surface area contributed by atoms with Gasteiger partial charge in [-0.15, -0.1) is 11.3 Å². The van der Waals surface area contributed by atoms with Crippen molar-refractivity contribution in [1.82, 2.24) is 10.2 Å². The second-order valence-electron chi connectivity index (χ2n) is 5.11. The molecular formula is C14H20N2O2S. The molecule has 0 aliphatic carbocycles. The van der Waals surface area contributed by atoms with Gasteiger partial charge in [-0.1, -0.05) is 26.3 Å². The summed E-state index contributed by atoms with van der Waals surface area (Å²) in [5, 5.41) is 4.77. The molecule has 104 valence electrons. The lowest BCUT2D eigenvalue weighted by molar-refractivity contribution is -0.151. The van der Waals surface area contributed by atoms with E-state index in [1.54, 1.807) is 23.2 Å². The summed E-state index contributed by atoms with van der Waals surface area (Å²) >= 11 is 1.62. The Hall–Kier alpha value is -1.36. The van der Waals surface area contributed by atoms with E-state index in [1.807, 2.05) is 31.4 Å². The highest BCUT2D eigenvalue weighted by molar-refractivity contribution is 7.09. The van der Waals surface area contributed by atoms with Crippen LogP contribution in [0, 0.1) is 5.92 Å². The summed E-state index contributed by atoms with van der Waals surface area (Å²) in [6, 6.07) is 3.20. The van der Waals surface area contributed by atoms with Gasteiger partial charge in [0, 0.05) is 4.88 Å². The molecule has 1 fully saturated rings. The highest BCUT2D eigenvalue weighted by Gasteiger charge is 2.40. The van der Waals surface area contributed by atoms with Gasteiger partial charge in [0.25, 0.3) is 0 Å². The average Bonchev–Trinajstić information content (AvgIpc) is 2.88. The topological polar surface area (TPSA) is 49.4 Å². The third-order valence-electron chi connectivity index (χ3n) is 3.71. The standard InChI is InChI=1S/C14H20N2O2S/c1-4-9(2)12-13(17)15-10(3)14(18)16(12)8-11-6-5-7-19-11/h5-7,9-10,12H,4,8H2,1-3H3,(H,15,17). The molecule has 5 heteroatoms. The van der Waals surface area contributed by atoms with E-state index in [4.69, 9.17) is 0 Å². The minimum absolute atomic E-state index is 0.0123. The molecule has 1 aliphatic rings. The van der Waals surface area contributed by atoms with Gasteiger partial charge in [-0.3, -0.25) is 9.59 Å². The van der Waals surface area contributed by atoms with Crippen molar-refractivity contribution in [3.63, 3.8) is 0 Å². The largest absolute Gasteiger partial charge is 0.343 e. The van der Waals surface area contributed by atoms with Gasteiger partial charge >= 0.3 is 0 Å². The predicted octanol–water partition coefficient (Wildman–Crippen LogP) is 2.01. The Labute approximate surface area is 117 Å². The first kappa shape index (κ1) is 14.1. The summed E-state index contributed by atoms with van der Waals surface area (Å²) < 4.78 is 0. The van der Waals surface area contributed by atoms with Crippen molar-refractivity contribution in [1.29, 1.82) is 0 Å². The maximum Gasteiger partial charge on any atom is 0.245 e. The molecule has 2 heterocycles. The molecule has 0 radical (unpaired) electrons. The summed E-state index contributed by atoms with van der Waals surface area (Å²) in [6.45, 7) is 6.34. The molecule has 3 unspecified atom stereocenters. The van der Waals surface area contributed by atoms with E-state index < -0.39 is 6.04 Å². The third-order valence-corrected chi connectivity index (χ3v) is 4.57. The number of nitrogens with one attached hydrogen (secondary N) is 1. The summed E-state index contributed by atoms with van der Waals surface area (Å²) in [5.74, 6) is 0.146. The fourth-order valence-electron chi connectivity index (χ4n) is 2.42. The highest BCUT2D eigenvalue weighted by atomic mass is 32.1. The quantitative estimate of drug-likeness (QED) is 0.917. The van der Waals surface area contributed by atoms with Gasteiger partial charge < -0.3 is 10.2 Å². The number of amides is 2. The smallest absolute Gasteiger partial charge is 0.245 e. The molecule has 0 spiro atoms. The van der Waals surface area contributed by atoms with Crippen LogP contribution >= 0.6 is 11.3 Å². The maximum atomic E-state index is 12.3. The second kappa shape index (κ2) is 5.74. The zero-order valence-corrected chi connectivity index (χ0v) is 12.4. The summed E-state index contributed by atoms with van der Waals surface area (Å²) in [5.41, 5.74) is 0. The van der Waals surface area contributed by atoms with Crippen LogP contribution in [0.1, 0.15) is 32.1 Å². The van der Waals surface area contributed by atoms with Crippen molar-refractivity contribution in [3.05, 3.63) is 22.4 Å². The Morgan fingerprint density at radius 2 is 2.21 bits per heavy atom. The van der Waals surface area contributed by atoms with Gasteiger partial charge in [-0.25, -0.2) is 0 Å². The summed E-state index contributed by atoms with van der Waals surface area (Å²) in [7, 11) is 0. The van der Waals surface area contributed by atoms with Gasteiger partial charge in [-0.05, 0) is 24.3 Å². The monoisotopic (exact) mass is 280 g/mol. The first-order chi connectivity index (χ1) is 9.04. The van der Waals surface area contributed by atoms with Crippen molar-refractivity contribution in [2.24, 2.45) is 5.92 Å². The fraction of sp³-hybridized carbons (Fsp3) is 0.571. The molecule has 2 rings (SSSR count). The third kappa shape index (κ3) is 2.81.